The number of anilines is 3. The monoisotopic (exact) mass is 532 g/mol. The summed E-state index contributed by atoms with van der Waals surface area (Å²) >= 11 is 3.73. The molecule has 4 rings (SSSR count). The minimum atomic E-state index is -0.337. The van der Waals surface area contributed by atoms with Crippen molar-refractivity contribution in [1.82, 2.24) is 0 Å². The van der Waals surface area contributed by atoms with E-state index in [1.807, 2.05) is 35.7 Å². The number of benzene rings is 2. The van der Waals surface area contributed by atoms with Crippen molar-refractivity contribution in [2.24, 2.45) is 0 Å². The molecular formula is C26H20N4O3S3. The van der Waals surface area contributed by atoms with Gasteiger partial charge in [-0.15, -0.1) is 34.4 Å². The Bertz CT molecular complexity index is 1440. The fourth-order valence-electron chi connectivity index (χ4n) is 3.24. The maximum atomic E-state index is 12.7. The van der Waals surface area contributed by atoms with Crippen LogP contribution in [0.25, 0.3) is 0 Å². The number of carbonyl (C=O) groups excluding carboxylic acids is 3. The van der Waals surface area contributed by atoms with E-state index in [-0.39, 0.29) is 29.0 Å². The molecule has 0 atom stereocenters. The van der Waals surface area contributed by atoms with Crippen LogP contribution in [0.1, 0.15) is 30.5 Å². The molecule has 0 bridgehead atoms. The number of rotatable bonds is 8. The zero-order valence-electron chi connectivity index (χ0n) is 19.0. The Morgan fingerprint density at radius 1 is 0.917 bits per heavy atom. The summed E-state index contributed by atoms with van der Waals surface area (Å²) in [5, 5.41) is 20.2. The summed E-state index contributed by atoms with van der Waals surface area (Å²) in [5.41, 5.74) is 2.07. The van der Waals surface area contributed by atoms with Crippen LogP contribution in [0.3, 0.4) is 0 Å². The average Bonchev–Trinajstić information content (AvgIpc) is 3.52. The molecule has 3 amide bonds. The van der Waals surface area contributed by atoms with Crippen LogP contribution in [-0.2, 0) is 4.79 Å². The number of hydrogen-bond acceptors (Lipinski definition) is 7. The van der Waals surface area contributed by atoms with Crippen LogP contribution in [0.15, 0.2) is 77.0 Å². The molecule has 2 aromatic heterocycles. The second-order valence-corrected chi connectivity index (χ2v) is 10.5. The maximum Gasteiger partial charge on any atom is 0.266 e. The van der Waals surface area contributed by atoms with E-state index in [0.29, 0.717) is 31.7 Å². The predicted octanol–water partition coefficient (Wildman–Crippen LogP) is 6.23. The van der Waals surface area contributed by atoms with E-state index >= 15 is 0 Å². The van der Waals surface area contributed by atoms with Crippen molar-refractivity contribution in [1.29, 1.82) is 5.26 Å². The second-order valence-electron chi connectivity index (χ2n) is 7.49. The number of carbonyl (C=O) groups is 3. The number of nitriles is 1. The zero-order valence-corrected chi connectivity index (χ0v) is 21.5. The van der Waals surface area contributed by atoms with Gasteiger partial charge in [0.25, 0.3) is 11.8 Å². The molecule has 4 aromatic rings. The highest BCUT2D eigenvalue weighted by atomic mass is 32.2. The molecule has 0 aliphatic carbocycles. The van der Waals surface area contributed by atoms with Crippen molar-refractivity contribution in [3.05, 3.63) is 93.0 Å². The third-order valence-corrected chi connectivity index (χ3v) is 8.02. The third kappa shape index (κ3) is 6.20. The molecule has 0 fully saturated rings. The van der Waals surface area contributed by atoms with E-state index in [0.717, 1.165) is 16.2 Å². The van der Waals surface area contributed by atoms with Crippen molar-refractivity contribution in [3.63, 3.8) is 0 Å². The van der Waals surface area contributed by atoms with Gasteiger partial charge in [0.15, 0.2) is 0 Å². The van der Waals surface area contributed by atoms with Gasteiger partial charge >= 0.3 is 0 Å². The molecule has 7 nitrogen and oxygen atoms in total. The van der Waals surface area contributed by atoms with Gasteiger partial charge in [-0.1, -0.05) is 30.3 Å². The zero-order chi connectivity index (χ0) is 25.5. The summed E-state index contributed by atoms with van der Waals surface area (Å²) in [6.45, 7) is 1.69. The van der Waals surface area contributed by atoms with Crippen LogP contribution in [-0.4, -0.2) is 23.5 Å². The van der Waals surface area contributed by atoms with Gasteiger partial charge in [-0.25, -0.2) is 0 Å². The van der Waals surface area contributed by atoms with Gasteiger partial charge < -0.3 is 16.0 Å². The van der Waals surface area contributed by atoms with E-state index in [1.165, 1.54) is 23.1 Å². The van der Waals surface area contributed by atoms with Gasteiger partial charge in [0, 0.05) is 16.3 Å². The lowest BCUT2D eigenvalue weighted by Gasteiger charge is -2.07. The maximum absolute atomic E-state index is 12.7. The Hall–Kier alpha value is -3.91. The minimum absolute atomic E-state index is 0.0929. The summed E-state index contributed by atoms with van der Waals surface area (Å²) in [6, 6.07) is 21.9. The van der Waals surface area contributed by atoms with Crippen molar-refractivity contribution < 1.29 is 14.4 Å². The van der Waals surface area contributed by atoms with E-state index in [1.54, 1.807) is 43.3 Å². The highest BCUT2D eigenvalue weighted by molar-refractivity contribution is 8.00. The minimum Gasteiger partial charge on any atom is -0.321 e. The van der Waals surface area contributed by atoms with Gasteiger partial charge in [-0.2, -0.15) is 5.26 Å². The Morgan fingerprint density at radius 3 is 2.39 bits per heavy atom. The first-order valence-corrected chi connectivity index (χ1v) is 13.4. The first kappa shape index (κ1) is 25.2. The fourth-order valence-corrected chi connectivity index (χ4v) is 5.68. The summed E-state index contributed by atoms with van der Waals surface area (Å²) in [6.07, 6.45) is 0. The lowest BCUT2D eigenvalue weighted by molar-refractivity contribution is -0.113. The number of nitrogens with one attached hydrogen (secondary N) is 3. The Kier molecular flexibility index (Phi) is 8.17. The first-order valence-electron chi connectivity index (χ1n) is 10.7. The average molecular weight is 533 g/mol. The number of para-hydroxylation sites is 1. The lowest BCUT2D eigenvalue weighted by Crippen LogP contribution is -2.14. The molecule has 0 unspecified atom stereocenters. The van der Waals surface area contributed by atoms with E-state index in [9.17, 15) is 19.6 Å². The molecule has 0 saturated heterocycles. The molecule has 0 spiro atoms. The highest BCUT2D eigenvalue weighted by Crippen LogP contribution is 2.33. The third-order valence-electron chi connectivity index (χ3n) is 4.96. The summed E-state index contributed by atoms with van der Waals surface area (Å²) in [7, 11) is 0. The quantitative estimate of drug-likeness (QED) is 0.233. The van der Waals surface area contributed by atoms with Crippen molar-refractivity contribution >= 4 is 68.5 Å². The van der Waals surface area contributed by atoms with Crippen LogP contribution in [0.5, 0.6) is 0 Å². The Morgan fingerprint density at radius 2 is 1.67 bits per heavy atom. The second kappa shape index (κ2) is 11.7. The molecule has 180 valence electrons. The molecule has 0 aliphatic heterocycles. The smallest absolute Gasteiger partial charge is 0.266 e. The topological polar surface area (TPSA) is 111 Å². The van der Waals surface area contributed by atoms with Gasteiger partial charge in [0.05, 0.1) is 21.1 Å². The van der Waals surface area contributed by atoms with Crippen molar-refractivity contribution in [3.8, 4) is 6.07 Å². The standard InChI is InChI=1S/C26H20N4O3S3/c1-16-20(14-27)26(36-23(16)25(33)28-17-7-3-2-4-8-17)30-22(31)15-35-19-10-5-9-18(13-19)29-24(32)21-11-6-12-34-21/h2-13H,15H2,1H3,(H,28,33)(H,29,32)(H,30,31). The van der Waals surface area contributed by atoms with Gasteiger partial charge in [-0.3, -0.25) is 14.4 Å². The number of amides is 3. The van der Waals surface area contributed by atoms with Crippen molar-refractivity contribution in [2.45, 2.75) is 11.8 Å². The Labute approximate surface area is 220 Å². The van der Waals surface area contributed by atoms with E-state index in [2.05, 4.69) is 22.0 Å². The lowest BCUT2D eigenvalue weighted by atomic mass is 10.1. The van der Waals surface area contributed by atoms with Gasteiger partial charge in [-0.05, 0) is 54.3 Å². The van der Waals surface area contributed by atoms with Crippen molar-refractivity contribution in [2.75, 3.05) is 21.7 Å². The summed E-state index contributed by atoms with van der Waals surface area (Å²) < 4.78 is 0. The van der Waals surface area contributed by atoms with Gasteiger partial charge in [0.1, 0.15) is 11.1 Å². The molecule has 3 N–H and O–H groups in total. The molecule has 36 heavy (non-hydrogen) atoms. The summed E-state index contributed by atoms with van der Waals surface area (Å²) in [4.78, 5) is 39.4. The highest BCUT2D eigenvalue weighted by Gasteiger charge is 2.21. The van der Waals surface area contributed by atoms with Crippen LogP contribution in [0.2, 0.25) is 0 Å². The molecule has 0 radical (unpaired) electrons. The normalized spacial score (nSPS) is 10.3. The molecule has 0 saturated carbocycles. The molecule has 0 aliphatic rings. The number of thiophene rings is 2. The number of nitrogens with zero attached hydrogens (tertiary/aromatic N) is 1. The molecule has 2 aromatic carbocycles. The van der Waals surface area contributed by atoms with E-state index < -0.39 is 0 Å². The van der Waals surface area contributed by atoms with Crippen LogP contribution >= 0.6 is 34.4 Å². The molecule has 10 heteroatoms. The SMILES string of the molecule is Cc1c(C(=O)Nc2ccccc2)sc(NC(=O)CSc2cccc(NC(=O)c3cccs3)c2)c1C#N. The van der Waals surface area contributed by atoms with Crippen LogP contribution in [0.4, 0.5) is 16.4 Å². The largest absolute Gasteiger partial charge is 0.321 e. The van der Waals surface area contributed by atoms with Crippen LogP contribution < -0.4 is 16.0 Å². The predicted molar refractivity (Wildman–Crippen MR) is 146 cm³/mol. The number of hydrogen-bond donors (Lipinski definition) is 3. The number of thioether (sulfide) groups is 1. The Balaban J connectivity index is 1.38. The van der Waals surface area contributed by atoms with Gasteiger partial charge in [0.2, 0.25) is 5.91 Å². The molecule has 2 heterocycles. The summed E-state index contributed by atoms with van der Waals surface area (Å²) in [5.74, 6) is -0.734. The van der Waals surface area contributed by atoms with Crippen LogP contribution in [0, 0.1) is 18.3 Å². The molecular weight excluding hydrogens is 513 g/mol. The fraction of sp³-hybridized carbons (Fsp3) is 0.0769. The first-order chi connectivity index (χ1) is 17.4. The van der Waals surface area contributed by atoms with E-state index in [4.69, 9.17) is 0 Å².